The zero-order chi connectivity index (χ0) is 23.8. The molecule has 0 aliphatic heterocycles. The van der Waals surface area contributed by atoms with Gasteiger partial charge in [0, 0.05) is 30.0 Å². The molecule has 0 radical (unpaired) electrons. The van der Waals surface area contributed by atoms with Crippen LogP contribution in [0.5, 0.6) is 5.75 Å². The van der Waals surface area contributed by atoms with Crippen LogP contribution in [0.2, 0.25) is 0 Å². The Bertz CT molecular complexity index is 1120. The van der Waals surface area contributed by atoms with Gasteiger partial charge in [-0.1, -0.05) is 19.1 Å². The fourth-order valence-corrected chi connectivity index (χ4v) is 3.72. The summed E-state index contributed by atoms with van der Waals surface area (Å²) in [6, 6.07) is 15.1. The van der Waals surface area contributed by atoms with Crippen LogP contribution in [-0.2, 0) is 19.4 Å². The monoisotopic (exact) mass is 447 g/mol. The van der Waals surface area contributed by atoms with E-state index < -0.39 is 0 Å². The van der Waals surface area contributed by atoms with Crippen LogP contribution < -0.4 is 15.4 Å². The van der Waals surface area contributed by atoms with E-state index >= 15 is 0 Å². The fraction of sp³-hybridized carbons (Fsp3) is 0.346. The van der Waals surface area contributed by atoms with Gasteiger partial charge in [0.05, 0.1) is 12.8 Å². The van der Waals surface area contributed by atoms with Crippen LogP contribution in [0.3, 0.4) is 0 Å². The Hall–Kier alpha value is -3.61. The van der Waals surface area contributed by atoms with Crippen LogP contribution in [0.25, 0.3) is 0 Å². The van der Waals surface area contributed by atoms with E-state index in [4.69, 9.17) is 9.73 Å². The molecule has 174 valence electrons. The molecule has 2 aromatic carbocycles. The number of nitrogens with one attached hydrogen (secondary N) is 2. The molecule has 0 bridgehead atoms. The number of ether oxygens (including phenoxy) is 1. The highest BCUT2D eigenvalue weighted by Gasteiger charge is 2.12. The maximum absolute atomic E-state index is 12.9. The first-order valence-electron chi connectivity index (χ1n) is 11.3. The molecule has 0 unspecified atom stereocenters. The van der Waals surface area contributed by atoms with E-state index in [1.807, 2.05) is 23.7 Å². The summed E-state index contributed by atoms with van der Waals surface area (Å²) in [4.78, 5) is 17.6. The molecule has 0 spiro atoms. The molecule has 7 nitrogen and oxygen atoms in total. The van der Waals surface area contributed by atoms with Gasteiger partial charge >= 0.3 is 0 Å². The normalized spacial score (nSPS) is 11.4. The van der Waals surface area contributed by atoms with Crippen LogP contribution >= 0.6 is 0 Å². The lowest BCUT2D eigenvalue weighted by molar-refractivity contribution is 0.0977. The SMILES string of the molecule is CCc1cccc(NC(=NCCc2c(C)nn(CC)c2C)NC(=O)c2ccc(OC)cc2)c1. The predicted molar refractivity (Wildman–Crippen MR) is 133 cm³/mol. The maximum Gasteiger partial charge on any atom is 0.257 e. The molecular formula is C26H33N5O2. The van der Waals surface area contributed by atoms with Gasteiger partial charge in [-0.3, -0.25) is 19.8 Å². The van der Waals surface area contributed by atoms with E-state index in [2.05, 4.69) is 48.6 Å². The zero-order valence-corrected chi connectivity index (χ0v) is 20.1. The first-order chi connectivity index (χ1) is 15.9. The number of aliphatic imine (C=N–C) groups is 1. The van der Waals surface area contributed by atoms with Gasteiger partial charge in [-0.2, -0.15) is 5.10 Å². The Kier molecular flexibility index (Phi) is 8.24. The van der Waals surface area contributed by atoms with Crippen molar-refractivity contribution in [3.05, 3.63) is 76.6 Å². The molecule has 3 aromatic rings. The number of nitrogens with zero attached hydrogens (tertiary/aromatic N) is 3. The quantitative estimate of drug-likeness (QED) is 0.393. The van der Waals surface area contributed by atoms with Crippen molar-refractivity contribution in [1.29, 1.82) is 0 Å². The van der Waals surface area contributed by atoms with Crippen LogP contribution in [0.1, 0.15) is 46.7 Å². The van der Waals surface area contributed by atoms with Crippen LogP contribution in [0.15, 0.2) is 53.5 Å². The number of carbonyl (C=O) groups is 1. The lowest BCUT2D eigenvalue weighted by Gasteiger charge is -2.13. The molecule has 1 amide bonds. The Morgan fingerprint density at radius 2 is 1.88 bits per heavy atom. The lowest BCUT2D eigenvalue weighted by Crippen LogP contribution is -2.36. The van der Waals surface area contributed by atoms with Gasteiger partial charge in [0.15, 0.2) is 0 Å². The fourth-order valence-electron chi connectivity index (χ4n) is 3.72. The highest BCUT2D eigenvalue weighted by atomic mass is 16.5. The number of carbonyl (C=O) groups excluding carboxylic acids is 1. The third-order valence-electron chi connectivity index (χ3n) is 5.64. The van der Waals surface area contributed by atoms with E-state index in [-0.39, 0.29) is 5.91 Å². The first kappa shape index (κ1) is 24.0. The molecule has 0 aliphatic carbocycles. The number of amides is 1. The van der Waals surface area contributed by atoms with Crippen molar-refractivity contribution in [2.45, 2.75) is 47.1 Å². The number of anilines is 1. The van der Waals surface area contributed by atoms with E-state index in [1.54, 1.807) is 31.4 Å². The summed E-state index contributed by atoms with van der Waals surface area (Å²) in [6.07, 6.45) is 1.68. The summed E-state index contributed by atoms with van der Waals surface area (Å²) < 4.78 is 7.19. The van der Waals surface area contributed by atoms with Gasteiger partial charge in [0.2, 0.25) is 5.96 Å². The smallest absolute Gasteiger partial charge is 0.257 e. The molecular weight excluding hydrogens is 414 g/mol. The van der Waals surface area contributed by atoms with Crippen LogP contribution in [0.4, 0.5) is 5.69 Å². The van der Waals surface area contributed by atoms with Crippen molar-refractivity contribution in [1.82, 2.24) is 15.1 Å². The maximum atomic E-state index is 12.9. The Morgan fingerprint density at radius 3 is 2.52 bits per heavy atom. The molecule has 1 heterocycles. The number of guanidine groups is 1. The summed E-state index contributed by atoms with van der Waals surface area (Å²) in [5, 5.41) is 10.8. The average molecular weight is 448 g/mol. The molecule has 2 N–H and O–H groups in total. The minimum absolute atomic E-state index is 0.235. The number of aryl methyl sites for hydroxylation is 3. The number of hydrogen-bond acceptors (Lipinski definition) is 4. The molecule has 1 aromatic heterocycles. The average Bonchev–Trinajstić information content (AvgIpc) is 3.11. The van der Waals surface area contributed by atoms with Gasteiger partial charge in [-0.25, -0.2) is 0 Å². The van der Waals surface area contributed by atoms with Crippen molar-refractivity contribution in [2.75, 3.05) is 19.0 Å². The standard InChI is InChI=1S/C26H33N5O2/c1-6-20-9-8-10-22(17-20)28-26(29-25(32)21-11-13-23(33-5)14-12-21)27-16-15-24-18(3)30-31(7-2)19(24)4/h8-14,17H,6-7,15-16H2,1-5H3,(H2,27,28,29,32). The summed E-state index contributed by atoms with van der Waals surface area (Å²) >= 11 is 0. The number of rotatable bonds is 8. The van der Waals surface area contributed by atoms with Gasteiger partial charge < -0.3 is 10.1 Å². The van der Waals surface area contributed by atoms with Crippen LogP contribution in [0, 0.1) is 13.8 Å². The van der Waals surface area contributed by atoms with Gasteiger partial charge in [-0.05, 0) is 81.1 Å². The highest BCUT2D eigenvalue weighted by Crippen LogP contribution is 2.15. The van der Waals surface area contributed by atoms with Crippen molar-refractivity contribution < 1.29 is 9.53 Å². The second kappa shape index (κ2) is 11.3. The number of aromatic nitrogens is 2. The summed E-state index contributed by atoms with van der Waals surface area (Å²) in [6.45, 7) is 9.68. The van der Waals surface area contributed by atoms with Gasteiger partial charge in [0.25, 0.3) is 5.91 Å². The second-order valence-corrected chi connectivity index (χ2v) is 7.81. The summed E-state index contributed by atoms with van der Waals surface area (Å²) in [5.74, 6) is 0.886. The second-order valence-electron chi connectivity index (χ2n) is 7.81. The molecule has 0 atom stereocenters. The Morgan fingerprint density at radius 1 is 1.12 bits per heavy atom. The lowest BCUT2D eigenvalue weighted by atomic mass is 10.1. The summed E-state index contributed by atoms with van der Waals surface area (Å²) in [5.41, 5.74) is 6.01. The third-order valence-corrected chi connectivity index (χ3v) is 5.64. The number of hydrogen-bond donors (Lipinski definition) is 2. The summed E-state index contributed by atoms with van der Waals surface area (Å²) in [7, 11) is 1.60. The predicted octanol–water partition coefficient (Wildman–Crippen LogP) is 4.53. The minimum atomic E-state index is -0.235. The minimum Gasteiger partial charge on any atom is -0.497 e. The number of benzene rings is 2. The van der Waals surface area contributed by atoms with E-state index in [0.717, 1.165) is 36.5 Å². The topological polar surface area (TPSA) is 80.5 Å². The molecule has 7 heteroatoms. The highest BCUT2D eigenvalue weighted by molar-refractivity contribution is 6.10. The number of methoxy groups -OCH3 is 1. The Labute approximate surface area is 195 Å². The van der Waals surface area contributed by atoms with Crippen LogP contribution in [-0.4, -0.2) is 35.3 Å². The van der Waals surface area contributed by atoms with Crippen molar-refractivity contribution >= 4 is 17.6 Å². The zero-order valence-electron chi connectivity index (χ0n) is 20.1. The Balaban J connectivity index is 1.79. The molecule has 0 aliphatic rings. The molecule has 0 saturated carbocycles. The van der Waals surface area contributed by atoms with Gasteiger partial charge in [-0.15, -0.1) is 0 Å². The van der Waals surface area contributed by atoms with E-state index in [9.17, 15) is 4.79 Å². The van der Waals surface area contributed by atoms with Gasteiger partial charge in [0.1, 0.15) is 5.75 Å². The molecule has 0 fully saturated rings. The third kappa shape index (κ3) is 6.22. The largest absolute Gasteiger partial charge is 0.497 e. The molecule has 3 rings (SSSR count). The van der Waals surface area contributed by atoms with Crippen molar-refractivity contribution in [3.8, 4) is 5.75 Å². The van der Waals surface area contributed by atoms with E-state index in [1.165, 1.54) is 11.1 Å². The molecule has 33 heavy (non-hydrogen) atoms. The van der Waals surface area contributed by atoms with Crippen molar-refractivity contribution in [2.24, 2.45) is 4.99 Å². The molecule has 0 saturated heterocycles. The van der Waals surface area contributed by atoms with Crippen molar-refractivity contribution in [3.63, 3.8) is 0 Å². The van der Waals surface area contributed by atoms with E-state index in [0.29, 0.717) is 23.8 Å². The first-order valence-corrected chi connectivity index (χ1v) is 11.3.